The second-order valence-electron chi connectivity index (χ2n) is 8.51. The summed E-state index contributed by atoms with van der Waals surface area (Å²) in [4.78, 5) is 26.1. The van der Waals surface area contributed by atoms with Crippen LogP contribution in [0.15, 0.2) is 36.7 Å². The number of aromatic nitrogens is 2. The average molecular weight is 408 g/mol. The number of hydrogen-bond acceptors (Lipinski definition) is 6. The third kappa shape index (κ3) is 4.18. The van der Waals surface area contributed by atoms with Gasteiger partial charge >= 0.3 is 0 Å². The zero-order valence-electron chi connectivity index (χ0n) is 17.3. The predicted octanol–water partition coefficient (Wildman–Crippen LogP) is 2.34. The van der Waals surface area contributed by atoms with Crippen molar-refractivity contribution < 1.29 is 9.53 Å². The van der Waals surface area contributed by atoms with E-state index in [2.05, 4.69) is 44.5 Å². The fourth-order valence-corrected chi connectivity index (χ4v) is 4.84. The molecule has 7 heteroatoms. The lowest BCUT2D eigenvalue weighted by atomic mass is 9.95. The van der Waals surface area contributed by atoms with Crippen molar-refractivity contribution in [3.63, 3.8) is 0 Å². The summed E-state index contributed by atoms with van der Waals surface area (Å²) < 4.78 is 5.40. The van der Waals surface area contributed by atoms with Crippen LogP contribution in [0.5, 0.6) is 0 Å². The van der Waals surface area contributed by atoms with Gasteiger partial charge in [-0.25, -0.2) is 9.97 Å². The highest BCUT2D eigenvalue weighted by molar-refractivity contribution is 5.93. The maximum absolute atomic E-state index is 13.0. The molecule has 1 atom stereocenters. The molecule has 1 N–H and O–H groups in total. The number of ether oxygens (including phenoxy) is 1. The van der Waals surface area contributed by atoms with E-state index in [0.29, 0.717) is 24.2 Å². The topological polar surface area (TPSA) is 70.6 Å². The molecule has 1 aromatic heterocycles. The SMILES string of the molecule is O=C(c1cc(NC2CCOC2)ncn1)N1CCC(N2CCc3ccccc3C2)CC1. The minimum absolute atomic E-state index is 0.00515. The largest absolute Gasteiger partial charge is 0.379 e. The molecule has 2 saturated heterocycles. The Labute approximate surface area is 177 Å². The monoisotopic (exact) mass is 407 g/mol. The molecular formula is C23H29N5O2. The van der Waals surface area contributed by atoms with E-state index in [1.807, 2.05) is 4.90 Å². The fraction of sp³-hybridized carbons (Fsp3) is 0.522. The summed E-state index contributed by atoms with van der Waals surface area (Å²) in [5.41, 5.74) is 3.41. The number of anilines is 1. The molecule has 0 saturated carbocycles. The van der Waals surface area contributed by atoms with Gasteiger partial charge in [-0.3, -0.25) is 9.69 Å². The Bertz CT molecular complexity index is 891. The third-order valence-electron chi connectivity index (χ3n) is 6.60. The maximum Gasteiger partial charge on any atom is 0.272 e. The normalized spacial score (nSPS) is 22.7. The third-order valence-corrected chi connectivity index (χ3v) is 6.60. The summed E-state index contributed by atoms with van der Waals surface area (Å²) >= 11 is 0. The van der Waals surface area contributed by atoms with E-state index in [1.54, 1.807) is 6.07 Å². The molecule has 0 bridgehead atoms. The zero-order chi connectivity index (χ0) is 20.3. The lowest BCUT2D eigenvalue weighted by molar-refractivity contribution is 0.0594. The van der Waals surface area contributed by atoms with Gasteiger partial charge in [0.2, 0.25) is 0 Å². The number of amides is 1. The van der Waals surface area contributed by atoms with Gasteiger partial charge < -0.3 is 15.0 Å². The quantitative estimate of drug-likeness (QED) is 0.839. The van der Waals surface area contributed by atoms with E-state index in [-0.39, 0.29) is 11.9 Å². The van der Waals surface area contributed by atoms with Crippen LogP contribution in [0, 0.1) is 0 Å². The van der Waals surface area contributed by atoms with Gasteiger partial charge in [0.05, 0.1) is 12.6 Å². The number of likely N-dealkylation sites (tertiary alicyclic amines) is 1. The van der Waals surface area contributed by atoms with Crippen molar-refractivity contribution in [2.45, 2.75) is 44.3 Å². The summed E-state index contributed by atoms with van der Waals surface area (Å²) in [6.45, 7) is 5.16. The first-order valence-electron chi connectivity index (χ1n) is 11.0. The Hall–Kier alpha value is -2.51. The van der Waals surface area contributed by atoms with Gasteiger partial charge in [-0.05, 0) is 36.8 Å². The van der Waals surface area contributed by atoms with Crippen molar-refractivity contribution in [3.05, 3.63) is 53.5 Å². The van der Waals surface area contributed by atoms with Gasteiger partial charge in [0, 0.05) is 44.9 Å². The smallest absolute Gasteiger partial charge is 0.272 e. The molecule has 2 aromatic rings. The van der Waals surface area contributed by atoms with E-state index in [4.69, 9.17) is 4.74 Å². The minimum Gasteiger partial charge on any atom is -0.379 e. The molecule has 1 unspecified atom stereocenters. The molecule has 0 spiro atoms. The number of rotatable bonds is 4. The summed E-state index contributed by atoms with van der Waals surface area (Å²) in [6, 6.07) is 11.3. The molecule has 30 heavy (non-hydrogen) atoms. The Kier molecular flexibility index (Phi) is 5.64. The number of benzene rings is 1. The lowest BCUT2D eigenvalue weighted by Crippen LogP contribution is -2.48. The summed E-state index contributed by atoms with van der Waals surface area (Å²) in [7, 11) is 0. The van der Waals surface area contributed by atoms with Crippen LogP contribution in [-0.4, -0.2) is 70.6 Å². The summed E-state index contributed by atoms with van der Waals surface area (Å²) in [6.07, 6.45) is 5.59. The van der Waals surface area contributed by atoms with Crippen LogP contribution in [-0.2, 0) is 17.7 Å². The van der Waals surface area contributed by atoms with Crippen LogP contribution in [0.25, 0.3) is 0 Å². The van der Waals surface area contributed by atoms with Crippen LogP contribution in [0.4, 0.5) is 5.82 Å². The van der Waals surface area contributed by atoms with Crippen molar-refractivity contribution in [1.82, 2.24) is 19.8 Å². The van der Waals surface area contributed by atoms with Gasteiger partial charge in [0.25, 0.3) is 5.91 Å². The Morgan fingerprint density at radius 3 is 2.70 bits per heavy atom. The van der Waals surface area contributed by atoms with Gasteiger partial charge in [-0.1, -0.05) is 24.3 Å². The van der Waals surface area contributed by atoms with Crippen LogP contribution in [0.3, 0.4) is 0 Å². The van der Waals surface area contributed by atoms with E-state index in [0.717, 1.165) is 58.5 Å². The van der Waals surface area contributed by atoms with Crippen LogP contribution < -0.4 is 5.32 Å². The Balaban J connectivity index is 1.17. The van der Waals surface area contributed by atoms with Crippen molar-refractivity contribution in [3.8, 4) is 0 Å². The average Bonchev–Trinajstić information content (AvgIpc) is 3.31. The van der Waals surface area contributed by atoms with Crippen molar-refractivity contribution in [2.24, 2.45) is 0 Å². The van der Waals surface area contributed by atoms with E-state index < -0.39 is 0 Å². The first-order chi connectivity index (χ1) is 14.8. The molecule has 3 aliphatic rings. The predicted molar refractivity (Wildman–Crippen MR) is 114 cm³/mol. The Morgan fingerprint density at radius 2 is 1.90 bits per heavy atom. The second-order valence-corrected chi connectivity index (χ2v) is 8.51. The summed E-state index contributed by atoms with van der Waals surface area (Å²) in [5.74, 6) is 0.705. The Morgan fingerprint density at radius 1 is 1.07 bits per heavy atom. The number of carbonyl (C=O) groups is 1. The van der Waals surface area contributed by atoms with Gasteiger partial charge in [-0.2, -0.15) is 0 Å². The molecule has 1 aromatic carbocycles. The molecule has 2 fully saturated rings. The lowest BCUT2D eigenvalue weighted by Gasteiger charge is -2.40. The number of nitrogens with zero attached hydrogens (tertiary/aromatic N) is 4. The standard InChI is InChI=1S/C23H29N5O2/c29-23(21-13-22(25-16-24-21)26-19-8-12-30-15-19)27-10-6-20(7-11-27)28-9-5-17-3-1-2-4-18(17)14-28/h1-4,13,16,19-20H,5-12,14-15H2,(H,24,25,26). The first kappa shape index (κ1) is 19.5. The van der Waals surface area contributed by atoms with Crippen molar-refractivity contribution in [2.75, 3.05) is 38.2 Å². The van der Waals surface area contributed by atoms with Gasteiger partial charge in [0.1, 0.15) is 17.8 Å². The maximum atomic E-state index is 13.0. The highest BCUT2D eigenvalue weighted by Crippen LogP contribution is 2.25. The van der Waals surface area contributed by atoms with Crippen LogP contribution in [0.1, 0.15) is 40.9 Å². The molecule has 158 valence electrons. The molecule has 5 rings (SSSR count). The van der Waals surface area contributed by atoms with E-state index >= 15 is 0 Å². The number of carbonyl (C=O) groups excluding carboxylic acids is 1. The molecule has 1 amide bonds. The molecule has 0 radical (unpaired) electrons. The molecule has 7 nitrogen and oxygen atoms in total. The van der Waals surface area contributed by atoms with E-state index in [9.17, 15) is 4.79 Å². The van der Waals surface area contributed by atoms with Crippen molar-refractivity contribution in [1.29, 1.82) is 0 Å². The van der Waals surface area contributed by atoms with Crippen molar-refractivity contribution >= 4 is 11.7 Å². The molecule has 0 aliphatic carbocycles. The van der Waals surface area contributed by atoms with Crippen LogP contribution in [0.2, 0.25) is 0 Å². The zero-order valence-corrected chi connectivity index (χ0v) is 17.3. The number of fused-ring (bicyclic) bond motifs is 1. The molecular weight excluding hydrogens is 378 g/mol. The number of nitrogens with one attached hydrogen (secondary N) is 1. The summed E-state index contributed by atoms with van der Waals surface area (Å²) in [5, 5.41) is 3.34. The van der Waals surface area contributed by atoms with Gasteiger partial charge in [0.15, 0.2) is 0 Å². The molecule has 3 aliphatic heterocycles. The van der Waals surface area contributed by atoms with Crippen LogP contribution >= 0.6 is 0 Å². The molecule has 4 heterocycles. The highest BCUT2D eigenvalue weighted by Gasteiger charge is 2.30. The second kappa shape index (κ2) is 8.70. The van der Waals surface area contributed by atoms with E-state index in [1.165, 1.54) is 17.5 Å². The number of piperidine rings is 1. The number of hydrogen-bond donors (Lipinski definition) is 1. The fourth-order valence-electron chi connectivity index (χ4n) is 4.84. The first-order valence-corrected chi connectivity index (χ1v) is 11.0. The highest BCUT2D eigenvalue weighted by atomic mass is 16.5. The van der Waals surface area contributed by atoms with Gasteiger partial charge in [-0.15, -0.1) is 0 Å². The minimum atomic E-state index is 0.00515.